The van der Waals surface area contributed by atoms with Gasteiger partial charge in [-0.15, -0.1) is 0 Å². The van der Waals surface area contributed by atoms with E-state index in [-0.39, 0.29) is 35.1 Å². The Morgan fingerprint density at radius 2 is 0.589 bits per heavy atom. The molecule has 7 rings (SSSR count). The summed E-state index contributed by atoms with van der Waals surface area (Å²) in [5.41, 5.74) is 12.9. The van der Waals surface area contributed by atoms with Crippen molar-refractivity contribution in [3.8, 4) is 0 Å². The molecule has 0 aliphatic carbocycles. The van der Waals surface area contributed by atoms with Crippen molar-refractivity contribution in [1.29, 1.82) is 0 Å². The number of hydrogen-bond acceptors (Lipinski definition) is 2. The first kappa shape index (κ1) is 39.8. The van der Waals surface area contributed by atoms with Gasteiger partial charge in [0.25, 0.3) is 0 Å². The summed E-state index contributed by atoms with van der Waals surface area (Å²) in [6, 6.07) is 59.3. The minimum absolute atomic E-state index is 0.0251. The van der Waals surface area contributed by atoms with E-state index in [0.717, 1.165) is 0 Å². The van der Waals surface area contributed by atoms with Gasteiger partial charge >= 0.3 is 299 Å². The maximum absolute atomic E-state index is 2.56. The second-order valence-electron chi connectivity index (χ2n) is 18.7. The average Bonchev–Trinajstić information content (AvgIpc) is 3.50. The van der Waals surface area contributed by atoms with E-state index >= 15 is 0 Å². The van der Waals surface area contributed by atoms with Crippen LogP contribution < -0.4 is 20.5 Å². The Balaban J connectivity index is 1.31. The van der Waals surface area contributed by atoms with Crippen LogP contribution in [0.2, 0.25) is 0 Å². The second-order valence-corrected chi connectivity index (χ2v) is 19.7. The van der Waals surface area contributed by atoms with E-state index in [0.29, 0.717) is 0 Å². The molecule has 0 bridgehead atoms. The number of hydrogen-bond donors (Lipinski definition) is 0. The molecule has 0 amide bonds. The Bertz CT molecular complexity index is 2100. The molecular weight excluding hydrogens is 857 g/mol. The molecule has 0 saturated carbocycles. The number of anilines is 2. The zero-order valence-corrected chi connectivity index (χ0v) is 37.1. The van der Waals surface area contributed by atoms with Crippen molar-refractivity contribution in [3.63, 3.8) is 0 Å². The number of para-hydroxylation sites is 2. The molecule has 1 aliphatic heterocycles. The van der Waals surface area contributed by atoms with Crippen LogP contribution in [-0.2, 0) is 41.0 Å². The fraction of sp³-hybridized carbons (Fsp3) is 0.275. The first-order chi connectivity index (χ1) is 26.5. The van der Waals surface area contributed by atoms with Gasteiger partial charge in [0, 0.05) is 0 Å². The zero-order chi connectivity index (χ0) is 40.0. The van der Waals surface area contributed by atoms with Crippen molar-refractivity contribution in [3.05, 3.63) is 191 Å². The van der Waals surface area contributed by atoms with Gasteiger partial charge < -0.3 is 0 Å². The third-order valence-corrected chi connectivity index (χ3v) is 13.3. The predicted molar refractivity (Wildman–Crippen MR) is 241 cm³/mol. The van der Waals surface area contributed by atoms with Crippen molar-refractivity contribution in [2.45, 2.75) is 90.9 Å². The number of benzene rings is 6. The molecule has 0 unspecified atom stereocenters. The summed E-state index contributed by atoms with van der Waals surface area (Å²) in [6.07, 6.45) is 0. The second kappa shape index (κ2) is 15.2. The summed E-state index contributed by atoms with van der Waals surface area (Å²) < 4.78 is 1.18. The van der Waals surface area contributed by atoms with Crippen molar-refractivity contribution >= 4 is 39.9 Å². The molecule has 56 heavy (non-hydrogen) atoms. The number of nitrogens with zero attached hydrogens (tertiary/aromatic N) is 2. The Hall–Kier alpha value is -4.39. The van der Waals surface area contributed by atoms with Crippen molar-refractivity contribution in [2.75, 3.05) is 9.62 Å². The third-order valence-electron chi connectivity index (χ3n) is 12.2. The molecule has 6 aromatic rings. The summed E-state index contributed by atoms with van der Waals surface area (Å²) in [6.45, 7) is 23.1. The molecular formula is C51H56B2N2Pt. The van der Waals surface area contributed by atoms with E-state index in [9.17, 15) is 0 Å². The molecule has 0 spiro atoms. The average molecular weight is 914 g/mol. The van der Waals surface area contributed by atoms with Gasteiger partial charge in [-0.05, 0) is 10.8 Å². The Morgan fingerprint density at radius 1 is 0.339 bits per heavy atom. The van der Waals surface area contributed by atoms with Crippen LogP contribution >= 0.6 is 0 Å². The molecule has 286 valence electrons. The maximum atomic E-state index is 2.56. The van der Waals surface area contributed by atoms with Gasteiger partial charge in [-0.3, -0.25) is 0 Å². The van der Waals surface area contributed by atoms with Gasteiger partial charge in [0.05, 0.1) is 0 Å². The normalized spacial score (nSPS) is 14.2. The van der Waals surface area contributed by atoms with Crippen LogP contribution in [0, 0.1) is 0 Å². The summed E-state index contributed by atoms with van der Waals surface area (Å²) in [7, 11) is 0. The molecule has 0 radical (unpaired) electrons. The van der Waals surface area contributed by atoms with Crippen LogP contribution in [0.15, 0.2) is 158 Å². The van der Waals surface area contributed by atoms with Crippen molar-refractivity contribution < 1.29 is 19.4 Å². The quantitative estimate of drug-likeness (QED) is 0.140. The van der Waals surface area contributed by atoms with Gasteiger partial charge in [0.1, 0.15) is 0 Å². The molecule has 1 fully saturated rings. The summed E-state index contributed by atoms with van der Waals surface area (Å²) >= 11 is 2.56. The molecule has 0 aromatic heterocycles. The topological polar surface area (TPSA) is 6.48 Å². The van der Waals surface area contributed by atoms with E-state index in [1.54, 1.807) is 0 Å². The summed E-state index contributed by atoms with van der Waals surface area (Å²) in [5.74, 6) is 0. The Morgan fingerprint density at radius 3 is 0.857 bits per heavy atom. The number of rotatable bonds is 8. The van der Waals surface area contributed by atoms with Crippen LogP contribution in [0.1, 0.15) is 103 Å². The van der Waals surface area contributed by atoms with Gasteiger partial charge in [-0.1, -0.05) is 41.5 Å². The van der Waals surface area contributed by atoms with Gasteiger partial charge in [0.15, 0.2) is 0 Å². The van der Waals surface area contributed by atoms with Crippen LogP contribution in [0.25, 0.3) is 0 Å². The monoisotopic (exact) mass is 913 g/mol. The van der Waals surface area contributed by atoms with Crippen LogP contribution in [-0.4, -0.2) is 17.6 Å². The van der Waals surface area contributed by atoms with E-state index in [1.165, 1.54) is 59.8 Å². The van der Waals surface area contributed by atoms with E-state index in [4.69, 9.17) is 0 Å². The SMILES string of the molecule is CC(C)(C)c1ccc(C(C)(C)c2ccc(B3B(c4ccc(C(C)(C)c5ccc(C(C)(C)C)cc5)cc4)N(c4ccccc4)[C](=[Pt])N3c3ccccc3)cc2)cc1. The van der Waals surface area contributed by atoms with Crippen LogP contribution in [0.5, 0.6) is 0 Å². The molecule has 6 aromatic carbocycles. The minimum atomic E-state index is -0.143. The Labute approximate surface area is 349 Å². The standard InChI is InChI=1S/C51H56B2N2.Pt/c1-48(2,3)38-21-25-40(26-22-38)50(7,8)42-29-33-44(34-30-42)52-53(55(47-19-15-12-16-20-47)37-54(52)46-17-13-11-14-18-46)45-35-31-43(32-36-45)51(9,10)41-27-23-39(24-28-41)49(4,5)6;/h11-36H,1-10H3;. The van der Waals surface area contributed by atoms with E-state index < -0.39 is 0 Å². The fourth-order valence-corrected chi connectivity index (χ4v) is 9.49. The van der Waals surface area contributed by atoms with Gasteiger partial charge in [-0.25, -0.2) is 0 Å². The predicted octanol–water partition coefficient (Wildman–Crippen LogP) is 10.8. The van der Waals surface area contributed by atoms with Crippen LogP contribution in [0.4, 0.5) is 11.4 Å². The van der Waals surface area contributed by atoms with Gasteiger partial charge in [0.2, 0.25) is 0 Å². The Kier molecular flexibility index (Phi) is 10.8. The van der Waals surface area contributed by atoms with Crippen molar-refractivity contribution in [1.82, 2.24) is 0 Å². The molecule has 0 N–H and O–H groups in total. The van der Waals surface area contributed by atoms with Crippen LogP contribution in [0.3, 0.4) is 0 Å². The van der Waals surface area contributed by atoms with E-state index in [1.807, 2.05) is 0 Å². The first-order valence-electron chi connectivity index (χ1n) is 20.1. The first-order valence-corrected chi connectivity index (χ1v) is 21.2. The van der Waals surface area contributed by atoms with Gasteiger partial charge in [-0.2, -0.15) is 0 Å². The molecule has 1 heterocycles. The fourth-order valence-electron chi connectivity index (χ4n) is 8.27. The third kappa shape index (κ3) is 7.67. The molecule has 2 nitrogen and oxygen atoms in total. The zero-order valence-electron chi connectivity index (χ0n) is 34.9. The van der Waals surface area contributed by atoms with Crippen molar-refractivity contribution in [2.24, 2.45) is 0 Å². The summed E-state index contributed by atoms with van der Waals surface area (Å²) in [4.78, 5) is 5.08. The molecule has 1 saturated heterocycles. The molecule has 0 atom stereocenters. The molecule has 5 heteroatoms. The molecule has 1 aliphatic rings. The van der Waals surface area contributed by atoms with E-state index in [2.05, 4.69) is 256 Å². The summed E-state index contributed by atoms with van der Waals surface area (Å²) in [5, 5.41) is 0.